The summed E-state index contributed by atoms with van der Waals surface area (Å²) < 4.78 is 4.01. The van der Waals surface area contributed by atoms with Crippen molar-refractivity contribution in [2.24, 2.45) is 0 Å². The molecule has 0 unspecified atom stereocenters. The highest BCUT2D eigenvalue weighted by atomic mass is 79.9. The van der Waals surface area contributed by atoms with E-state index in [0.717, 1.165) is 18.8 Å². The molecule has 0 N–H and O–H groups in total. The summed E-state index contributed by atoms with van der Waals surface area (Å²) in [5.41, 5.74) is 2.13. The summed E-state index contributed by atoms with van der Waals surface area (Å²) in [6.07, 6.45) is 0.920. The lowest BCUT2D eigenvalue weighted by Crippen LogP contribution is -3.00. The molecular formula is C18H21BrN2O2. The molecule has 0 fully saturated rings. The van der Waals surface area contributed by atoms with E-state index in [1.165, 1.54) is 0 Å². The van der Waals surface area contributed by atoms with Crippen molar-refractivity contribution < 1.29 is 31.1 Å². The zero-order valence-corrected chi connectivity index (χ0v) is 15.5. The van der Waals surface area contributed by atoms with Crippen LogP contribution in [0, 0.1) is 6.92 Å². The number of hydrogen-bond acceptors (Lipinski definition) is 2. The van der Waals surface area contributed by atoms with Gasteiger partial charge in [-0.15, -0.1) is 0 Å². The Hall–Kier alpha value is -1.75. The zero-order valence-electron chi connectivity index (χ0n) is 13.9. The molecule has 1 aliphatic carbocycles. The molecule has 1 aliphatic rings. The average molecular weight is 377 g/mol. The normalized spacial score (nSPS) is 12.9. The molecule has 3 rings (SSSR count). The second-order valence-electron chi connectivity index (χ2n) is 6.06. The molecule has 1 aromatic carbocycles. The van der Waals surface area contributed by atoms with Gasteiger partial charge in [0.05, 0.1) is 12.6 Å². The number of halogens is 1. The molecule has 0 bridgehead atoms. The van der Waals surface area contributed by atoms with Gasteiger partial charge in [0.2, 0.25) is 23.0 Å². The summed E-state index contributed by atoms with van der Waals surface area (Å²) in [5, 5.41) is 0. The summed E-state index contributed by atoms with van der Waals surface area (Å²) in [6.45, 7) is 8.90. The third kappa shape index (κ3) is 2.47. The maximum absolute atomic E-state index is 13.0. The first-order chi connectivity index (χ1) is 10.5. The third-order valence-electron chi connectivity index (χ3n) is 4.28. The van der Waals surface area contributed by atoms with E-state index in [1.807, 2.05) is 42.0 Å². The Kier molecular flexibility index (Phi) is 4.90. The van der Waals surface area contributed by atoms with Crippen LogP contribution in [0.2, 0.25) is 0 Å². The van der Waals surface area contributed by atoms with E-state index >= 15 is 0 Å². The standard InChI is InChI=1S/C18H21N2O2.BrH/c1-5-10-19-12(4)20(11(2)3)16-15(19)17(21)13-8-6-7-9-14(13)18(16)22;/h6-9,11H,5,10H2,1-4H3;1H/q+1;/p-1. The van der Waals surface area contributed by atoms with Crippen LogP contribution in [-0.2, 0) is 6.54 Å². The number of ketones is 2. The van der Waals surface area contributed by atoms with Gasteiger partial charge in [-0.25, -0.2) is 9.13 Å². The summed E-state index contributed by atoms with van der Waals surface area (Å²) >= 11 is 0. The van der Waals surface area contributed by atoms with Gasteiger partial charge in [0.1, 0.15) is 0 Å². The molecule has 0 atom stereocenters. The number of fused-ring (bicyclic) bond motifs is 2. The number of nitrogens with zero attached hydrogens (tertiary/aromatic N) is 2. The quantitative estimate of drug-likeness (QED) is 0.597. The average Bonchev–Trinajstić information content (AvgIpc) is 2.79. The smallest absolute Gasteiger partial charge is 0.254 e. The molecular weight excluding hydrogens is 356 g/mol. The number of carbonyl (C=O) groups excluding carboxylic acids is 2. The highest BCUT2D eigenvalue weighted by molar-refractivity contribution is 6.26. The predicted octanol–water partition coefficient (Wildman–Crippen LogP) is -0.146. The highest BCUT2D eigenvalue weighted by Gasteiger charge is 2.43. The minimum absolute atomic E-state index is 0. The van der Waals surface area contributed by atoms with Crippen LogP contribution in [0.5, 0.6) is 0 Å². The van der Waals surface area contributed by atoms with Crippen molar-refractivity contribution in [1.82, 2.24) is 4.57 Å². The van der Waals surface area contributed by atoms with Crippen LogP contribution in [0.4, 0.5) is 0 Å². The highest BCUT2D eigenvalue weighted by Crippen LogP contribution is 2.28. The van der Waals surface area contributed by atoms with E-state index < -0.39 is 0 Å². The Bertz CT molecular complexity index is 791. The molecule has 0 amide bonds. The Labute approximate surface area is 146 Å². The largest absolute Gasteiger partial charge is 1.00 e. The lowest BCUT2D eigenvalue weighted by molar-refractivity contribution is -0.704. The molecule has 5 heteroatoms. The second kappa shape index (κ2) is 6.40. The van der Waals surface area contributed by atoms with Crippen molar-refractivity contribution in [3.8, 4) is 0 Å². The van der Waals surface area contributed by atoms with Gasteiger partial charge in [-0.3, -0.25) is 9.59 Å². The van der Waals surface area contributed by atoms with E-state index in [1.54, 1.807) is 12.1 Å². The molecule has 2 aromatic rings. The maximum atomic E-state index is 13.0. The van der Waals surface area contributed by atoms with Gasteiger partial charge in [0.15, 0.2) is 0 Å². The van der Waals surface area contributed by atoms with Crippen LogP contribution < -0.4 is 21.5 Å². The van der Waals surface area contributed by atoms with Crippen molar-refractivity contribution in [2.45, 2.75) is 46.7 Å². The molecule has 0 saturated heterocycles. The first kappa shape index (κ1) is 17.6. The van der Waals surface area contributed by atoms with Crippen LogP contribution in [0.15, 0.2) is 24.3 Å². The summed E-state index contributed by atoms with van der Waals surface area (Å²) in [7, 11) is 0. The minimum atomic E-state index is -0.0446. The fraction of sp³-hybridized carbons (Fsp3) is 0.389. The van der Waals surface area contributed by atoms with Gasteiger partial charge >= 0.3 is 0 Å². The van der Waals surface area contributed by atoms with Crippen LogP contribution in [-0.4, -0.2) is 16.1 Å². The molecule has 0 spiro atoms. The van der Waals surface area contributed by atoms with E-state index in [-0.39, 0.29) is 34.6 Å². The SMILES string of the molecule is CCC[n+]1c2c(n(C(C)C)c1C)C(=O)c1ccccc1C2=O.[Br-]. The zero-order chi connectivity index (χ0) is 16.0. The molecule has 0 saturated carbocycles. The molecule has 4 nitrogen and oxygen atoms in total. The maximum Gasteiger partial charge on any atom is 0.254 e. The van der Waals surface area contributed by atoms with Crippen molar-refractivity contribution >= 4 is 11.6 Å². The van der Waals surface area contributed by atoms with E-state index in [9.17, 15) is 9.59 Å². The van der Waals surface area contributed by atoms with Crippen LogP contribution >= 0.6 is 0 Å². The van der Waals surface area contributed by atoms with E-state index in [0.29, 0.717) is 22.5 Å². The Morgan fingerprint density at radius 2 is 1.65 bits per heavy atom. The fourth-order valence-electron chi connectivity index (χ4n) is 3.41. The van der Waals surface area contributed by atoms with E-state index in [2.05, 4.69) is 6.92 Å². The molecule has 0 radical (unpaired) electrons. The van der Waals surface area contributed by atoms with E-state index in [4.69, 9.17) is 0 Å². The first-order valence-electron chi connectivity index (χ1n) is 7.82. The van der Waals surface area contributed by atoms with Gasteiger partial charge in [-0.05, 0) is 20.3 Å². The summed E-state index contributed by atoms with van der Waals surface area (Å²) in [4.78, 5) is 25.9. The second-order valence-corrected chi connectivity index (χ2v) is 6.06. The van der Waals surface area contributed by atoms with Crippen LogP contribution in [0.3, 0.4) is 0 Å². The van der Waals surface area contributed by atoms with Gasteiger partial charge in [-0.1, -0.05) is 31.2 Å². The Morgan fingerprint density at radius 3 is 2.17 bits per heavy atom. The summed E-state index contributed by atoms with van der Waals surface area (Å²) in [6, 6.07) is 7.25. The molecule has 1 aromatic heterocycles. The van der Waals surface area contributed by atoms with Gasteiger partial charge in [0, 0.05) is 18.1 Å². The van der Waals surface area contributed by atoms with Crippen molar-refractivity contribution in [3.63, 3.8) is 0 Å². The van der Waals surface area contributed by atoms with Crippen LogP contribution in [0.25, 0.3) is 0 Å². The topological polar surface area (TPSA) is 43.0 Å². The Balaban J connectivity index is 0.00000192. The fourth-order valence-corrected chi connectivity index (χ4v) is 3.41. The molecule has 0 aliphatic heterocycles. The van der Waals surface area contributed by atoms with Gasteiger partial charge in [-0.2, -0.15) is 0 Å². The van der Waals surface area contributed by atoms with Crippen molar-refractivity contribution in [3.05, 3.63) is 52.6 Å². The number of rotatable bonds is 3. The van der Waals surface area contributed by atoms with Crippen LogP contribution in [0.1, 0.15) is 71.2 Å². The molecule has 23 heavy (non-hydrogen) atoms. The van der Waals surface area contributed by atoms with Crippen molar-refractivity contribution in [2.75, 3.05) is 0 Å². The minimum Gasteiger partial charge on any atom is -1.00 e. The van der Waals surface area contributed by atoms with Crippen molar-refractivity contribution in [1.29, 1.82) is 0 Å². The molecule has 1 heterocycles. The first-order valence-corrected chi connectivity index (χ1v) is 7.82. The van der Waals surface area contributed by atoms with Gasteiger partial charge < -0.3 is 17.0 Å². The lowest BCUT2D eigenvalue weighted by atomic mass is 9.89. The monoisotopic (exact) mass is 376 g/mol. The predicted molar refractivity (Wildman–Crippen MR) is 83.3 cm³/mol. The van der Waals surface area contributed by atoms with Gasteiger partial charge in [0.25, 0.3) is 5.82 Å². The summed E-state index contributed by atoms with van der Waals surface area (Å²) in [5.74, 6) is 0.884. The number of imidazole rings is 1. The number of carbonyl (C=O) groups is 2. The Morgan fingerprint density at radius 1 is 1.09 bits per heavy atom. The number of aromatic nitrogens is 2. The lowest BCUT2D eigenvalue weighted by Gasteiger charge is -2.13. The molecule has 122 valence electrons. The third-order valence-corrected chi connectivity index (χ3v) is 4.28. The number of benzene rings is 1. The number of hydrogen-bond donors (Lipinski definition) is 0.